The minimum atomic E-state index is 0.422. The van der Waals surface area contributed by atoms with Gasteiger partial charge in [0.25, 0.3) is 0 Å². The molecule has 0 saturated heterocycles. The fourth-order valence-electron chi connectivity index (χ4n) is 1.82. The highest BCUT2D eigenvalue weighted by Crippen LogP contribution is 2.39. The summed E-state index contributed by atoms with van der Waals surface area (Å²) < 4.78 is 0. The largest absolute Gasteiger partial charge is 0.0846 e. The Morgan fingerprint density at radius 3 is 2.33 bits per heavy atom. The van der Waals surface area contributed by atoms with Crippen LogP contribution in [-0.2, 0) is 0 Å². The number of rotatable bonds is 1. The molecule has 1 rings (SSSR count). The van der Waals surface area contributed by atoms with Crippen LogP contribution in [0, 0.1) is 23.2 Å². The molecule has 0 saturated carbocycles. The van der Waals surface area contributed by atoms with Crippen molar-refractivity contribution in [3.05, 3.63) is 12.2 Å². The summed E-state index contributed by atoms with van der Waals surface area (Å²) in [4.78, 5) is 0. The molecule has 0 bridgehead atoms. The van der Waals surface area contributed by atoms with Gasteiger partial charge in [0.05, 0.1) is 0 Å². The van der Waals surface area contributed by atoms with Gasteiger partial charge >= 0.3 is 0 Å². The molecule has 0 heteroatoms. The van der Waals surface area contributed by atoms with Crippen molar-refractivity contribution in [2.75, 3.05) is 0 Å². The monoisotopic (exact) mass is 166 g/mol. The summed E-state index contributed by atoms with van der Waals surface area (Å²) in [7, 11) is 0. The lowest BCUT2D eigenvalue weighted by atomic mass is 9.69. The molecule has 12 heavy (non-hydrogen) atoms. The molecule has 1 aliphatic rings. The summed E-state index contributed by atoms with van der Waals surface area (Å²) in [6.07, 6.45) is 6.19. The van der Waals surface area contributed by atoms with Crippen molar-refractivity contribution in [2.24, 2.45) is 23.2 Å². The molecule has 0 fully saturated rings. The van der Waals surface area contributed by atoms with Crippen molar-refractivity contribution in [2.45, 2.75) is 41.0 Å². The van der Waals surface area contributed by atoms with Gasteiger partial charge in [0.15, 0.2) is 0 Å². The first-order chi connectivity index (χ1) is 5.43. The van der Waals surface area contributed by atoms with Crippen LogP contribution in [0.4, 0.5) is 0 Å². The zero-order valence-corrected chi connectivity index (χ0v) is 9.09. The van der Waals surface area contributed by atoms with Crippen LogP contribution in [-0.4, -0.2) is 0 Å². The van der Waals surface area contributed by atoms with Gasteiger partial charge in [0.2, 0.25) is 0 Å². The number of allylic oxidation sites excluding steroid dienone is 2. The van der Waals surface area contributed by atoms with Crippen LogP contribution in [0.15, 0.2) is 12.2 Å². The lowest BCUT2D eigenvalue weighted by Gasteiger charge is -2.36. The van der Waals surface area contributed by atoms with Crippen molar-refractivity contribution < 1.29 is 0 Å². The second kappa shape index (κ2) is 3.24. The van der Waals surface area contributed by atoms with Crippen LogP contribution in [0.25, 0.3) is 0 Å². The molecule has 0 heterocycles. The predicted molar refractivity (Wildman–Crippen MR) is 55.0 cm³/mol. The van der Waals surface area contributed by atoms with Gasteiger partial charge in [-0.15, -0.1) is 0 Å². The van der Waals surface area contributed by atoms with Gasteiger partial charge < -0.3 is 0 Å². The summed E-state index contributed by atoms with van der Waals surface area (Å²) in [6, 6.07) is 0. The van der Waals surface area contributed by atoms with Gasteiger partial charge in [0, 0.05) is 0 Å². The third kappa shape index (κ3) is 1.91. The van der Waals surface area contributed by atoms with E-state index in [9.17, 15) is 0 Å². The molecule has 0 aromatic carbocycles. The van der Waals surface area contributed by atoms with E-state index in [1.807, 2.05) is 0 Å². The maximum absolute atomic E-state index is 2.42. The van der Waals surface area contributed by atoms with Crippen molar-refractivity contribution in [1.29, 1.82) is 0 Å². The average molecular weight is 166 g/mol. The van der Waals surface area contributed by atoms with E-state index in [1.165, 1.54) is 6.42 Å². The van der Waals surface area contributed by atoms with E-state index in [-0.39, 0.29) is 0 Å². The standard InChI is InChI=1S/C12H22/c1-9(2)11-6-7-12(4,5)10(3)8-11/h6-7,9-11H,8H2,1-5H3. The summed E-state index contributed by atoms with van der Waals surface area (Å²) in [5, 5.41) is 0. The molecule has 0 aromatic rings. The van der Waals surface area contributed by atoms with Gasteiger partial charge in [-0.2, -0.15) is 0 Å². The van der Waals surface area contributed by atoms with Gasteiger partial charge in [-0.1, -0.05) is 46.8 Å². The normalized spacial score (nSPS) is 34.2. The maximum atomic E-state index is 2.42. The molecule has 70 valence electrons. The third-order valence-corrected chi connectivity index (χ3v) is 3.53. The van der Waals surface area contributed by atoms with Crippen molar-refractivity contribution in [3.63, 3.8) is 0 Å². The molecule has 0 nitrogen and oxygen atoms in total. The minimum Gasteiger partial charge on any atom is -0.0846 e. The number of hydrogen-bond donors (Lipinski definition) is 0. The first-order valence-corrected chi connectivity index (χ1v) is 5.13. The zero-order valence-electron chi connectivity index (χ0n) is 9.09. The highest BCUT2D eigenvalue weighted by Gasteiger charge is 2.29. The first kappa shape index (κ1) is 9.83. The Labute approximate surface area is 77.1 Å². The average Bonchev–Trinajstić information content (AvgIpc) is 1.94. The SMILES string of the molecule is CC(C)C1C=CC(C)(C)C(C)C1. The van der Waals surface area contributed by atoms with Gasteiger partial charge in [-0.05, 0) is 29.6 Å². The van der Waals surface area contributed by atoms with Crippen LogP contribution in [0.3, 0.4) is 0 Å². The molecule has 0 spiro atoms. The molecule has 0 aromatic heterocycles. The van der Waals surface area contributed by atoms with Gasteiger partial charge in [-0.3, -0.25) is 0 Å². The molecular formula is C12H22. The molecule has 1 aliphatic carbocycles. The molecule has 0 radical (unpaired) electrons. The van der Waals surface area contributed by atoms with Crippen molar-refractivity contribution in [1.82, 2.24) is 0 Å². The Balaban J connectivity index is 2.70. The molecule has 0 amide bonds. The predicted octanol–water partition coefficient (Wildman–Crippen LogP) is 3.88. The van der Waals surface area contributed by atoms with E-state index in [4.69, 9.17) is 0 Å². The highest BCUT2D eigenvalue weighted by molar-refractivity contribution is 5.06. The van der Waals surface area contributed by atoms with Crippen LogP contribution < -0.4 is 0 Å². The quantitative estimate of drug-likeness (QED) is 0.519. The Morgan fingerprint density at radius 1 is 1.33 bits per heavy atom. The van der Waals surface area contributed by atoms with Crippen LogP contribution in [0.2, 0.25) is 0 Å². The zero-order chi connectivity index (χ0) is 9.35. The van der Waals surface area contributed by atoms with Crippen molar-refractivity contribution >= 4 is 0 Å². The summed E-state index contributed by atoms with van der Waals surface area (Å²) in [5.74, 6) is 2.45. The fraction of sp³-hybridized carbons (Fsp3) is 0.833. The summed E-state index contributed by atoms with van der Waals surface area (Å²) in [6.45, 7) is 11.7. The Kier molecular flexibility index (Phi) is 2.65. The summed E-state index contributed by atoms with van der Waals surface area (Å²) >= 11 is 0. The van der Waals surface area contributed by atoms with Crippen molar-refractivity contribution in [3.8, 4) is 0 Å². The molecule has 2 atom stereocenters. The smallest absolute Gasteiger partial charge is 0.0149 e. The Bertz CT molecular complexity index is 174. The summed E-state index contributed by atoms with van der Waals surface area (Å²) in [5.41, 5.74) is 0.422. The van der Waals surface area contributed by atoms with E-state index in [2.05, 4.69) is 46.8 Å². The first-order valence-electron chi connectivity index (χ1n) is 5.13. The molecule has 0 N–H and O–H groups in total. The van der Waals surface area contributed by atoms with Gasteiger partial charge in [0.1, 0.15) is 0 Å². The number of hydrogen-bond acceptors (Lipinski definition) is 0. The molecule has 0 aliphatic heterocycles. The molecular weight excluding hydrogens is 144 g/mol. The highest BCUT2D eigenvalue weighted by atomic mass is 14.3. The van der Waals surface area contributed by atoms with Crippen LogP contribution in [0.1, 0.15) is 41.0 Å². The van der Waals surface area contributed by atoms with E-state index < -0.39 is 0 Å². The Hall–Kier alpha value is -0.260. The topological polar surface area (TPSA) is 0 Å². The second-order valence-corrected chi connectivity index (χ2v) is 5.23. The Morgan fingerprint density at radius 2 is 1.92 bits per heavy atom. The lowest BCUT2D eigenvalue weighted by molar-refractivity contribution is 0.220. The lowest BCUT2D eigenvalue weighted by Crippen LogP contribution is -2.27. The van der Waals surface area contributed by atoms with E-state index in [0.29, 0.717) is 5.41 Å². The van der Waals surface area contributed by atoms with Crippen LogP contribution in [0.5, 0.6) is 0 Å². The molecule has 2 unspecified atom stereocenters. The van der Waals surface area contributed by atoms with E-state index >= 15 is 0 Å². The van der Waals surface area contributed by atoms with Gasteiger partial charge in [-0.25, -0.2) is 0 Å². The van der Waals surface area contributed by atoms with Crippen LogP contribution >= 0.6 is 0 Å². The third-order valence-electron chi connectivity index (χ3n) is 3.53. The maximum Gasteiger partial charge on any atom is -0.0149 e. The minimum absolute atomic E-state index is 0.422. The second-order valence-electron chi connectivity index (χ2n) is 5.23. The fourth-order valence-corrected chi connectivity index (χ4v) is 1.82. The van der Waals surface area contributed by atoms with E-state index in [0.717, 1.165) is 17.8 Å². The van der Waals surface area contributed by atoms with E-state index in [1.54, 1.807) is 0 Å².